The highest BCUT2D eigenvalue weighted by molar-refractivity contribution is 5.81. The van der Waals surface area contributed by atoms with Crippen LogP contribution in [0.25, 0.3) is 24.3 Å². The summed E-state index contributed by atoms with van der Waals surface area (Å²) in [5.74, 6) is -0.144. The normalized spacial score (nSPS) is 10.8. The summed E-state index contributed by atoms with van der Waals surface area (Å²) >= 11 is 0. The molecule has 0 aliphatic rings. The number of ether oxygens (including phenoxy) is 4. The fourth-order valence-electron chi connectivity index (χ4n) is 3.33. The summed E-state index contributed by atoms with van der Waals surface area (Å²) in [6.07, 6.45) is 9.30. The Bertz CT molecular complexity index is 1360. The van der Waals surface area contributed by atoms with Crippen molar-refractivity contribution in [2.45, 2.75) is 0 Å². The first-order valence-electron chi connectivity index (χ1n) is 12.2. The van der Waals surface area contributed by atoms with Gasteiger partial charge in [0, 0.05) is 23.3 Å². The van der Waals surface area contributed by atoms with Gasteiger partial charge in [0.05, 0.1) is 0 Å². The Morgan fingerprint density at radius 3 is 2.00 bits per heavy atom. The van der Waals surface area contributed by atoms with Gasteiger partial charge in [0.2, 0.25) is 0 Å². The number of halogens is 1. The molecule has 0 bridgehead atoms. The van der Waals surface area contributed by atoms with Gasteiger partial charge in [-0.25, -0.2) is 14.0 Å². The van der Waals surface area contributed by atoms with Gasteiger partial charge in [0.25, 0.3) is 0 Å². The SMILES string of the molecule is C=CC(=O)OCCOc1cccc(/C=C/c2ccc(/C=C/c3ccccc3OCCOC(=O)C=C)cc2F)c1. The van der Waals surface area contributed by atoms with Gasteiger partial charge >= 0.3 is 11.9 Å². The number of rotatable bonds is 14. The topological polar surface area (TPSA) is 71.1 Å². The van der Waals surface area contributed by atoms with Gasteiger partial charge < -0.3 is 18.9 Å². The van der Waals surface area contributed by atoms with Crippen LogP contribution >= 0.6 is 0 Å². The molecule has 0 atom stereocenters. The molecule has 3 aromatic carbocycles. The van der Waals surface area contributed by atoms with E-state index in [4.69, 9.17) is 18.9 Å². The van der Waals surface area contributed by atoms with Crippen LogP contribution < -0.4 is 9.47 Å². The van der Waals surface area contributed by atoms with Gasteiger partial charge in [-0.1, -0.05) is 79.9 Å². The minimum absolute atomic E-state index is 0.105. The minimum atomic E-state index is -0.504. The highest BCUT2D eigenvalue weighted by atomic mass is 19.1. The number of hydrogen-bond acceptors (Lipinski definition) is 6. The number of esters is 2. The zero-order chi connectivity index (χ0) is 27.9. The molecule has 0 unspecified atom stereocenters. The standard InChI is InChI=1S/C32H29FO6/c1-3-31(34)38-20-18-36-28-10-7-8-24(22-28)12-15-26-16-13-25(23-29(26)33)14-17-27-9-5-6-11-30(27)37-19-21-39-32(35)4-2/h3-17,22-23H,1-2,18-21H2/b15-12+,17-14+. The fraction of sp³-hybridized carbons (Fsp3) is 0.125. The smallest absolute Gasteiger partial charge is 0.330 e. The monoisotopic (exact) mass is 528 g/mol. The molecule has 0 N–H and O–H groups in total. The summed E-state index contributed by atoms with van der Waals surface area (Å²) < 4.78 is 35.9. The lowest BCUT2D eigenvalue weighted by atomic mass is 10.1. The second kappa shape index (κ2) is 15.4. The first kappa shape index (κ1) is 28.7. The second-order valence-corrected chi connectivity index (χ2v) is 8.00. The van der Waals surface area contributed by atoms with Crippen molar-refractivity contribution < 1.29 is 32.9 Å². The first-order valence-corrected chi connectivity index (χ1v) is 12.2. The predicted octanol–water partition coefficient (Wildman–Crippen LogP) is 6.38. The van der Waals surface area contributed by atoms with Crippen LogP contribution in [0.2, 0.25) is 0 Å². The average molecular weight is 529 g/mol. The van der Waals surface area contributed by atoms with Crippen LogP contribution in [0.1, 0.15) is 22.3 Å². The Hall–Kier alpha value is -4.91. The maximum Gasteiger partial charge on any atom is 0.330 e. The molecule has 0 amide bonds. The molecule has 0 aliphatic heterocycles. The molecule has 0 saturated heterocycles. The zero-order valence-electron chi connectivity index (χ0n) is 21.4. The van der Waals surface area contributed by atoms with E-state index in [0.29, 0.717) is 22.6 Å². The number of hydrogen-bond donors (Lipinski definition) is 0. The Labute approximate surface area is 227 Å². The molecule has 0 saturated carbocycles. The number of para-hydroxylation sites is 1. The third kappa shape index (κ3) is 9.81. The summed E-state index contributed by atoms with van der Waals surface area (Å²) in [6.45, 7) is 7.30. The van der Waals surface area contributed by atoms with Crippen molar-refractivity contribution >= 4 is 36.2 Å². The van der Waals surface area contributed by atoms with Crippen molar-refractivity contribution in [2.75, 3.05) is 26.4 Å². The van der Waals surface area contributed by atoms with E-state index in [2.05, 4.69) is 13.2 Å². The molecule has 200 valence electrons. The van der Waals surface area contributed by atoms with Gasteiger partial charge in [-0.3, -0.25) is 0 Å². The molecule has 6 nitrogen and oxygen atoms in total. The molecule has 0 fully saturated rings. The van der Waals surface area contributed by atoms with Crippen LogP contribution in [0, 0.1) is 5.82 Å². The molecular formula is C32H29FO6. The molecule has 0 aliphatic carbocycles. The van der Waals surface area contributed by atoms with Crippen LogP contribution in [0.15, 0.2) is 92.0 Å². The van der Waals surface area contributed by atoms with Crippen molar-refractivity contribution in [2.24, 2.45) is 0 Å². The Morgan fingerprint density at radius 1 is 0.667 bits per heavy atom. The van der Waals surface area contributed by atoms with Crippen LogP contribution in [-0.2, 0) is 19.1 Å². The van der Waals surface area contributed by atoms with Gasteiger partial charge in [-0.15, -0.1) is 0 Å². The average Bonchev–Trinajstić information content (AvgIpc) is 2.96. The molecule has 3 rings (SSSR count). The summed E-state index contributed by atoms with van der Waals surface area (Å²) in [5, 5.41) is 0. The van der Waals surface area contributed by atoms with Crippen molar-refractivity contribution in [3.8, 4) is 11.5 Å². The molecular weight excluding hydrogens is 499 g/mol. The van der Waals surface area contributed by atoms with E-state index < -0.39 is 11.9 Å². The van der Waals surface area contributed by atoms with E-state index in [1.54, 1.807) is 36.4 Å². The summed E-state index contributed by atoms with van der Waals surface area (Å²) in [6, 6.07) is 19.7. The van der Waals surface area contributed by atoms with Gasteiger partial charge in [0.1, 0.15) is 43.7 Å². The maximum atomic E-state index is 14.8. The third-order valence-corrected chi connectivity index (χ3v) is 5.23. The van der Waals surface area contributed by atoms with Crippen LogP contribution in [0.5, 0.6) is 11.5 Å². The van der Waals surface area contributed by atoms with Crippen molar-refractivity contribution in [3.05, 3.63) is 120 Å². The van der Waals surface area contributed by atoms with Crippen LogP contribution in [0.4, 0.5) is 4.39 Å². The van der Waals surface area contributed by atoms with E-state index in [0.717, 1.165) is 23.3 Å². The highest BCUT2D eigenvalue weighted by Crippen LogP contribution is 2.22. The lowest BCUT2D eigenvalue weighted by Crippen LogP contribution is -2.10. The third-order valence-electron chi connectivity index (χ3n) is 5.23. The summed E-state index contributed by atoms with van der Waals surface area (Å²) in [7, 11) is 0. The first-order chi connectivity index (χ1) is 19.0. The molecule has 0 heterocycles. The van der Waals surface area contributed by atoms with E-state index in [-0.39, 0.29) is 32.2 Å². The van der Waals surface area contributed by atoms with E-state index >= 15 is 0 Å². The molecule has 0 spiro atoms. The Balaban J connectivity index is 1.59. The van der Waals surface area contributed by atoms with Gasteiger partial charge in [-0.05, 0) is 35.4 Å². The molecule has 3 aromatic rings. The number of carbonyl (C=O) groups is 2. The summed E-state index contributed by atoms with van der Waals surface area (Å²) in [4.78, 5) is 22.2. The van der Waals surface area contributed by atoms with Crippen LogP contribution in [-0.4, -0.2) is 38.4 Å². The second-order valence-electron chi connectivity index (χ2n) is 8.00. The highest BCUT2D eigenvalue weighted by Gasteiger charge is 2.04. The van der Waals surface area contributed by atoms with Crippen molar-refractivity contribution in [1.82, 2.24) is 0 Å². The largest absolute Gasteiger partial charge is 0.490 e. The number of benzene rings is 3. The predicted molar refractivity (Wildman–Crippen MR) is 150 cm³/mol. The molecule has 39 heavy (non-hydrogen) atoms. The minimum Gasteiger partial charge on any atom is -0.490 e. The maximum absolute atomic E-state index is 14.8. The van der Waals surface area contributed by atoms with E-state index in [1.165, 1.54) is 6.07 Å². The van der Waals surface area contributed by atoms with E-state index in [9.17, 15) is 14.0 Å². The van der Waals surface area contributed by atoms with E-state index in [1.807, 2.05) is 48.5 Å². The lowest BCUT2D eigenvalue weighted by Gasteiger charge is -2.09. The summed E-state index contributed by atoms with van der Waals surface area (Å²) in [5.41, 5.74) is 2.76. The molecule has 0 aromatic heterocycles. The molecule has 7 heteroatoms. The van der Waals surface area contributed by atoms with Crippen molar-refractivity contribution in [3.63, 3.8) is 0 Å². The fourth-order valence-corrected chi connectivity index (χ4v) is 3.33. The quantitative estimate of drug-likeness (QED) is 0.105. The van der Waals surface area contributed by atoms with Gasteiger partial charge in [-0.2, -0.15) is 0 Å². The lowest BCUT2D eigenvalue weighted by molar-refractivity contribution is -0.139. The Kier molecular flexibility index (Phi) is 11.3. The van der Waals surface area contributed by atoms with Gasteiger partial charge in [0.15, 0.2) is 0 Å². The van der Waals surface area contributed by atoms with Crippen molar-refractivity contribution in [1.29, 1.82) is 0 Å². The van der Waals surface area contributed by atoms with Crippen LogP contribution in [0.3, 0.4) is 0 Å². The zero-order valence-corrected chi connectivity index (χ0v) is 21.4. The molecule has 0 radical (unpaired) electrons. The number of carbonyl (C=O) groups excluding carboxylic acids is 2. The Morgan fingerprint density at radius 2 is 1.31 bits per heavy atom.